The number of nitrogens with one attached hydrogen (secondary N) is 1. The van der Waals surface area contributed by atoms with Crippen molar-refractivity contribution in [3.8, 4) is 0 Å². The third kappa shape index (κ3) is 5.03. The first-order chi connectivity index (χ1) is 15.8. The summed E-state index contributed by atoms with van der Waals surface area (Å²) in [6, 6.07) is 22.7. The molecule has 1 unspecified atom stereocenters. The van der Waals surface area contributed by atoms with E-state index >= 15 is 0 Å². The second-order valence-corrected chi connectivity index (χ2v) is 8.94. The van der Waals surface area contributed by atoms with E-state index in [2.05, 4.69) is 5.32 Å². The van der Waals surface area contributed by atoms with Gasteiger partial charge in [-0.2, -0.15) is 0 Å². The minimum atomic E-state index is -0.932. The van der Waals surface area contributed by atoms with Crippen molar-refractivity contribution < 1.29 is 4.79 Å². The normalized spacial score (nSPS) is 15.4. The van der Waals surface area contributed by atoms with Crippen LogP contribution in [0.1, 0.15) is 16.7 Å². The van der Waals surface area contributed by atoms with Gasteiger partial charge in [0.2, 0.25) is 6.17 Å². The van der Waals surface area contributed by atoms with E-state index < -0.39 is 6.17 Å². The van der Waals surface area contributed by atoms with Gasteiger partial charge in [-0.3, -0.25) is 4.79 Å². The Labute approximate surface area is 208 Å². The molecule has 1 aliphatic heterocycles. The fraction of sp³-hybridized carbons (Fsp3) is 0.160. The number of halogens is 2. The lowest BCUT2D eigenvalue weighted by atomic mass is 10.00. The summed E-state index contributed by atoms with van der Waals surface area (Å²) in [5.41, 5.74) is 3.80. The number of rotatable bonds is 4. The zero-order valence-corrected chi connectivity index (χ0v) is 20.5. The predicted molar refractivity (Wildman–Crippen MR) is 139 cm³/mol. The molecule has 0 saturated heterocycles. The van der Waals surface area contributed by atoms with Gasteiger partial charge in [0.25, 0.3) is 5.91 Å². The first-order valence-corrected chi connectivity index (χ1v) is 11.5. The SMILES string of the molecule is CN(Cc1ccccc1)C(=S)NC1N=C(c2ccccc2Cl)c2cc(Cl)ccc2N(C)C1=O. The van der Waals surface area contributed by atoms with E-state index in [1.165, 1.54) is 0 Å². The van der Waals surface area contributed by atoms with Crippen LogP contribution in [0.3, 0.4) is 0 Å². The number of likely N-dealkylation sites (N-methyl/N-ethyl adjacent to an activating group) is 1. The highest BCUT2D eigenvalue weighted by atomic mass is 35.5. The second-order valence-electron chi connectivity index (χ2n) is 7.71. The number of hydrogen-bond acceptors (Lipinski definition) is 3. The zero-order valence-electron chi connectivity index (χ0n) is 18.1. The summed E-state index contributed by atoms with van der Waals surface area (Å²) in [7, 11) is 3.59. The van der Waals surface area contributed by atoms with Gasteiger partial charge >= 0.3 is 0 Å². The van der Waals surface area contributed by atoms with Crippen molar-refractivity contribution >= 4 is 57.8 Å². The maximum Gasteiger partial charge on any atom is 0.272 e. The lowest BCUT2D eigenvalue weighted by molar-refractivity contribution is -0.119. The first-order valence-electron chi connectivity index (χ1n) is 10.3. The number of thiocarbonyl (C=S) groups is 1. The first kappa shape index (κ1) is 23.2. The molecule has 0 bridgehead atoms. The van der Waals surface area contributed by atoms with Crippen LogP contribution in [0.5, 0.6) is 0 Å². The Morgan fingerprint density at radius 2 is 1.76 bits per heavy atom. The van der Waals surface area contributed by atoms with Crippen LogP contribution in [0.4, 0.5) is 5.69 Å². The van der Waals surface area contributed by atoms with Crippen molar-refractivity contribution in [1.82, 2.24) is 10.2 Å². The lowest BCUT2D eigenvalue weighted by Gasteiger charge is -2.25. The maximum absolute atomic E-state index is 13.4. The van der Waals surface area contributed by atoms with E-state index in [1.54, 1.807) is 30.1 Å². The smallest absolute Gasteiger partial charge is 0.272 e. The van der Waals surface area contributed by atoms with E-state index in [1.807, 2.05) is 66.5 Å². The minimum absolute atomic E-state index is 0.240. The number of hydrogen-bond donors (Lipinski definition) is 1. The Bertz CT molecular complexity index is 1230. The summed E-state index contributed by atoms with van der Waals surface area (Å²) < 4.78 is 0. The van der Waals surface area contributed by atoms with Crippen LogP contribution in [0, 0.1) is 0 Å². The van der Waals surface area contributed by atoms with Crippen LogP contribution in [0.2, 0.25) is 10.0 Å². The van der Waals surface area contributed by atoms with Crippen molar-refractivity contribution in [2.75, 3.05) is 19.0 Å². The van der Waals surface area contributed by atoms with Crippen molar-refractivity contribution in [1.29, 1.82) is 0 Å². The van der Waals surface area contributed by atoms with Gasteiger partial charge in [0.1, 0.15) is 0 Å². The van der Waals surface area contributed by atoms with E-state index in [0.717, 1.165) is 11.1 Å². The fourth-order valence-corrected chi connectivity index (χ4v) is 4.24. The van der Waals surface area contributed by atoms with Crippen LogP contribution in [-0.4, -0.2) is 41.9 Å². The van der Waals surface area contributed by atoms with E-state index in [-0.39, 0.29) is 5.91 Å². The monoisotopic (exact) mass is 496 g/mol. The number of carbonyl (C=O) groups is 1. The van der Waals surface area contributed by atoms with Crippen LogP contribution < -0.4 is 10.2 Å². The number of carbonyl (C=O) groups excluding carboxylic acids is 1. The summed E-state index contributed by atoms with van der Waals surface area (Å²) in [6.07, 6.45) is -0.932. The predicted octanol–water partition coefficient (Wildman–Crippen LogP) is 5.14. The van der Waals surface area contributed by atoms with Crippen molar-refractivity contribution in [3.63, 3.8) is 0 Å². The van der Waals surface area contributed by atoms with Gasteiger partial charge < -0.3 is 15.1 Å². The number of anilines is 1. The van der Waals surface area contributed by atoms with Gasteiger partial charge in [-0.15, -0.1) is 0 Å². The molecule has 1 amide bonds. The molecule has 0 aromatic heterocycles. The molecule has 5 nitrogen and oxygen atoms in total. The molecular formula is C25H22Cl2N4OS. The number of benzene rings is 3. The van der Waals surface area contributed by atoms with Crippen LogP contribution in [0.15, 0.2) is 77.8 Å². The molecule has 0 fully saturated rings. The van der Waals surface area contributed by atoms with E-state index in [9.17, 15) is 4.79 Å². The molecule has 0 radical (unpaired) electrons. The van der Waals surface area contributed by atoms with Crippen molar-refractivity contribution in [3.05, 3.63) is 99.5 Å². The molecule has 4 rings (SSSR count). The summed E-state index contributed by atoms with van der Waals surface area (Å²) >= 11 is 18.4. The highest BCUT2D eigenvalue weighted by molar-refractivity contribution is 7.80. The number of aliphatic imine (C=N–C) groups is 1. The second kappa shape index (κ2) is 9.91. The van der Waals surface area contributed by atoms with Gasteiger partial charge in [-0.25, -0.2) is 4.99 Å². The Kier molecular flexibility index (Phi) is 6.98. The van der Waals surface area contributed by atoms with Gasteiger partial charge in [-0.1, -0.05) is 71.7 Å². The number of amides is 1. The quantitative estimate of drug-likeness (QED) is 0.508. The molecule has 1 aliphatic rings. The molecule has 168 valence electrons. The van der Waals surface area contributed by atoms with Gasteiger partial charge in [0.05, 0.1) is 11.4 Å². The molecule has 3 aromatic carbocycles. The summed E-state index contributed by atoms with van der Waals surface area (Å²) in [4.78, 5) is 21.6. The highest BCUT2D eigenvalue weighted by Gasteiger charge is 2.31. The van der Waals surface area contributed by atoms with Crippen LogP contribution >= 0.6 is 35.4 Å². The topological polar surface area (TPSA) is 47.9 Å². The summed E-state index contributed by atoms with van der Waals surface area (Å²) in [6.45, 7) is 0.598. The van der Waals surface area contributed by atoms with Crippen molar-refractivity contribution in [2.24, 2.45) is 4.99 Å². The van der Waals surface area contributed by atoms with Crippen LogP contribution in [-0.2, 0) is 11.3 Å². The van der Waals surface area contributed by atoms with Gasteiger partial charge in [0, 0.05) is 41.8 Å². The number of fused-ring (bicyclic) bond motifs is 1. The molecule has 1 heterocycles. The highest BCUT2D eigenvalue weighted by Crippen LogP contribution is 2.31. The van der Waals surface area contributed by atoms with Gasteiger partial charge in [-0.05, 0) is 42.0 Å². The molecule has 1 N–H and O–H groups in total. The zero-order chi connectivity index (χ0) is 23.5. The Morgan fingerprint density at radius 1 is 1.06 bits per heavy atom. The number of nitrogens with zero attached hydrogens (tertiary/aromatic N) is 3. The Morgan fingerprint density at radius 3 is 2.48 bits per heavy atom. The largest absolute Gasteiger partial charge is 0.348 e. The third-order valence-electron chi connectivity index (χ3n) is 5.40. The summed E-state index contributed by atoms with van der Waals surface area (Å²) in [5, 5.41) is 4.61. The Hall–Kier alpha value is -2.93. The molecule has 0 saturated carbocycles. The maximum atomic E-state index is 13.4. The average molecular weight is 497 g/mol. The summed E-state index contributed by atoms with van der Waals surface area (Å²) in [5.74, 6) is -0.240. The molecule has 3 aromatic rings. The molecule has 33 heavy (non-hydrogen) atoms. The molecule has 0 aliphatic carbocycles. The molecule has 1 atom stereocenters. The standard InChI is InChI=1S/C25H22Cl2N4OS/c1-30(15-16-8-4-3-5-9-16)25(33)29-23-24(32)31(2)21-13-12-17(26)14-19(21)22(28-23)18-10-6-7-11-20(18)27/h3-14,23H,15H2,1-2H3,(H,29,33). The number of benzodiazepines with no additional fused rings is 1. The van der Waals surface area contributed by atoms with E-state index in [0.29, 0.717) is 38.7 Å². The van der Waals surface area contributed by atoms with Crippen molar-refractivity contribution in [2.45, 2.75) is 12.7 Å². The molecule has 0 spiro atoms. The van der Waals surface area contributed by atoms with E-state index in [4.69, 9.17) is 40.4 Å². The van der Waals surface area contributed by atoms with Crippen LogP contribution in [0.25, 0.3) is 0 Å². The lowest BCUT2D eigenvalue weighted by Crippen LogP contribution is -2.49. The minimum Gasteiger partial charge on any atom is -0.348 e. The third-order valence-corrected chi connectivity index (χ3v) is 6.39. The Balaban J connectivity index is 1.71. The average Bonchev–Trinajstić information content (AvgIpc) is 2.90. The molecule has 8 heteroatoms. The fourth-order valence-electron chi connectivity index (χ4n) is 3.66. The van der Waals surface area contributed by atoms with Gasteiger partial charge in [0.15, 0.2) is 5.11 Å². The molecular weight excluding hydrogens is 475 g/mol.